The number of hydrogen-bond acceptors (Lipinski definition) is 3. The van der Waals surface area contributed by atoms with Gasteiger partial charge >= 0.3 is 0 Å². The summed E-state index contributed by atoms with van der Waals surface area (Å²) in [6.07, 6.45) is 5.88. The quantitative estimate of drug-likeness (QED) is 0.571. The third-order valence-corrected chi connectivity index (χ3v) is 3.33. The van der Waals surface area contributed by atoms with Crippen molar-refractivity contribution >= 4 is 18.6 Å². The summed E-state index contributed by atoms with van der Waals surface area (Å²) in [4.78, 5) is 8.89. The van der Waals surface area contributed by atoms with E-state index in [2.05, 4.69) is 12.6 Å². The maximum atomic E-state index is 8.89. The van der Waals surface area contributed by atoms with E-state index in [1.54, 1.807) is 0 Å². The molecule has 2 bridgehead atoms. The number of carbonyl (C=O) groups is 1. The van der Waals surface area contributed by atoms with Crippen LogP contribution in [0, 0.1) is 11.8 Å². The molecule has 12 heavy (non-hydrogen) atoms. The summed E-state index contributed by atoms with van der Waals surface area (Å²) in [6, 6.07) is 0. The standard InChI is InChI=1S/C7H12S.C2H4O2/c8-7-4-5-1-2-6(7)3-5;1-2(3)4/h5-8H,1-4H2;1H3,(H,3,4)/p-1. The van der Waals surface area contributed by atoms with Crippen LogP contribution < -0.4 is 5.11 Å². The molecular formula is C9H15O2S-. The van der Waals surface area contributed by atoms with Crippen LogP contribution in [0.3, 0.4) is 0 Å². The van der Waals surface area contributed by atoms with Crippen LogP contribution >= 0.6 is 12.6 Å². The van der Waals surface area contributed by atoms with Crippen molar-refractivity contribution in [3.05, 3.63) is 0 Å². The second kappa shape index (κ2) is 4.17. The number of fused-ring (bicyclic) bond motifs is 2. The summed E-state index contributed by atoms with van der Waals surface area (Å²) in [5, 5.41) is 9.66. The van der Waals surface area contributed by atoms with E-state index in [0.29, 0.717) is 0 Å². The van der Waals surface area contributed by atoms with E-state index in [1.807, 2.05) is 0 Å². The van der Waals surface area contributed by atoms with E-state index in [1.165, 1.54) is 25.7 Å². The average molecular weight is 187 g/mol. The SMILES string of the molecule is CC(=O)[O-].SC1CC2CCC1C2. The number of hydrogen-bond donors (Lipinski definition) is 1. The predicted molar refractivity (Wildman–Crippen MR) is 48.9 cm³/mol. The maximum absolute atomic E-state index is 8.89. The first-order valence-electron chi connectivity index (χ1n) is 4.45. The summed E-state index contributed by atoms with van der Waals surface area (Å²) < 4.78 is 0. The van der Waals surface area contributed by atoms with E-state index >= 15 is 0 Å². The predicted octanol–water partition coefficient (Wildman–Crippen LogP) is 0.861. The van der Waals surface area contributed by atoms with Crippen molar-refractivity contribution in [2.24, 2.45) is 11.8 Å². The lowest BCUT2D eigenvalue weighted by molar-refractivity contribution is -0.302. The molecule has 0 radical (unpaired) electrons. The van der Waals surface area contributed by atoms with Gasteiger partial charge in [-0.2, -0.15) is 12.6 Å². The lowest BCUT2D eigenvalue weighted by Gasteiger charge is -2.14. The normalized spacial score (nSPS) is 37.3. The summed E-state index contributed by atoms with van der Waals surface area (Å²) in [5.74, 6) is 0.992. The fourth-order valence-electron chi connectivity index (χ4n) is 2.21. The average Bonchev–Trinajstić information content (AvgIpc) is 2.44. The summed E-state index contributed by atoms with van der Waals surface area (Å²) in [6.45, 7) is 0.972. The topological polar surface area (TPSA) is 40.1 Å². The smallest absolute Gasteiger partial charge is 0.0383 e. The van der Waals surface area contributed by atoms with E-state index in [9.17, 15) is 0 Å². The monoisotopic (exact) mass is 187 g/mol. The lowest BCUT2D eigenvalue weighted by Crippen LogP contribution is -2.16. The van der Waals surface area contributed by atoms with E-state index in [4.69, 9.17) is 9.90 Å². The molecule has 2 aliphatic carbocycles. The third kappa shape index (κ3) is 2.70. The first kappa shape index (κ1) is 9.90. The molecule has 2 saturated carbocycles. The first-order chi connectivity index (χ1) is 5.59. The molecule has 0 saturated heterocycles. The fraction of sp³-hybridized carbons (Fsp3) is 0.889. The Kier molecular flexibility index (Phi) is 3.44. The van der Waals surface area contributed by atoms with E-state index < -0.39 is 5.97 Å². The van der Waals surface area contributed by atoms with Gasteiger partial charge in [-0.15, -0.1) is 0 Å². The van der Waals surface area contributed by atoms with Crippen LogP contribution in [0.1, 0.15) is 32.6 Å². The molecule has 0 N–H and O–H groups in total. The van der Waals surface area contributed by atoms with Gasteiger partial charge in [-0.1, -0.05) is 6.42 Å². The van der Waals surface area contributed by atoms with Crippen molar-refractivity contribution < 1.29 is 9.90 Å². The summed E-state index contributed by atoms with van der Waals surface area (Å²) in [5.41, 5.74) is 0. The molecule has 0 aliphatic heterocycles. The van der Waals surface area contributed by atoms with Gasteiger partial charge in [0.1, 0.15) is 0 Å². The Balaban J connectivity index is 0.000000157. The zero-order valence-electron chi connectivity index (χ0n) is 7.32. The third-order valence-electron chi connectivity index (χ3n) is 2.70. The van der Waals surface area contributed by atoms with Gasteiger partial charge in [0.25, 0.3) is 0 Å². The van der Waals surface area contributed by atoms with Crippen molar-refractivity contribution in [1.29, 1.82) is 0 Å². The van der Waals surface area contributed by atoms with E-state index in [0.717, 1.165) is 24.0 Å². The number of carboxylic acid groups (broad SMARTS) is 1. The number of thiol groups is 1. The molecule has 2 rings (SSSR count). The molecule has 3 heteroatoms. The van der Waals surface area contributed by atoms with Crippen LogP contribution in [-0.2, 0) is 4.79 Å². The van der Waals surface area contributed by atoms with Crippen molar-refractivity contribution in [1.82, 2.24) is 0 Å². The summed E-state index contributed by atoms with van der Waals surface area (Å²) in [7, 11) is 0. The highest BCUT2D eigenvalue weighted by molar-refractivity contribution is 7.81. The Bertz CT molecular complexity index is 164. The molecule has 0 aromatic rings. The van der Waals surface area contributed by atoms with Gasteiger partial charge in [-0.3, -0.25) is 0 Å². The van der Waals surface area contributed by atoms with E-state index in [-0.39, 0.29) is 0 Å². The second-order valence-electron chi connectivity index (χ2n) is 3.73. The molecule has 70 valence electrons. The summed E-state index contributed by atoms with van der Waals surface area (Å²) >= 11 is 4.50. The van der Waals surface area contributed by atoms with Gasteiger partial charge in [0.2, 0.25) is 0 Å². The Morgan fingerprint density at radius 3 is 2.17 bits per heavy atom. The minimum atomic E-state index is -1.08. The molecule has 3 unspecified atom stereocenters. The number of rotatable bonds is 0. The van der Waals surface area contributed by atoms with Crippen LogP contribution in [0.2, 0.25) is 0 Å². The minimum absolute atomic E-state index is 0.772. The van der Waals surface area contributed by atoms with Crippen LogP contribution in [0.5, 0.6) is 0 Å². The highest BCUT2D eigenvalue weighted by Crippen LogP contribution is 2.46. The van der Waals surface area contributed by atoms with Crippen LogP contribution in [0.4, 0.5) is 0 Å². The molecule has 2 aliphatic rings. The van der Waals surface area contributed by atoms with Crippen LogP contribution in [0.15, 0.2) is 0 Å². The van der Waals surface area contributed by atoms with Gasteiger partial charge < -0.3 is 9.90 Å². The van der Waals surface area contributed by atoms with Crippen molar-refractivity contribution in [3.63, 3.8) is 0 Å². The zero-order valence-corrected chi connectivity index (χ0v) is 8.22. The fourth-order valence-corrected chi connectivity index (χ4v) is 2.78. The Labute approximate surface area is 78.8 Å². The number of aliphatic carboxylic acids is 1. The minimum Gasteiger partial charge on any atom is -0.550 e. The Hall–Kier alpha value is -0.180. The number of carboxylic acids is 1. The second-order valence-corrected chi connectivity index (χ2v) is 4.40. The van der Waals surface area contributed by atoms with Crippen LogP contribution in [-0.4, -0.2) is 11.2 Å². The van der Waals surface area contributed by atoms with Crippen LogP contribution in [0.25, 0.3) is 0 Å². The maximum Gasteiger partial charge on any atom is 0.0383 e. The molecule has 2 fully saturated rings. The molecule has 0 spiro atoms. The van der Waals surface area contributed by atoms with Crippen molar-refractivity contribution in [2.45, 2.75) is 37.9 Å². The lowest BCUT2D eigenvalue weighted by atomic mass is 10.0. The molecule has 0 heterocycles. The first-order valence-corrected chi connectivity index (χ1v) is 4.97. The molecule has 0 amide bonds. The molecule has 2 nitrogen and oxygen atoms in total. The largest absolute Gasteiger partial charge is 0.550 e. The van der Waals surface area contributed by atoms with Crippen molar-refractivity contribution in [3.8, 4) is 0 Å². The van der Waals surface area contributed by atoms with Gasteiger partial charge in [0.15, 0.2) is 0 Å². The Morgan fingerprint density at radius 2 is 2.00 bits per heavy atom. The van der Waals surface area contributed by atoms with Gasteiger partial charge in [0, 0.05) is 11.2 Å². The van der Waals surface area contributed by atoms with Crippen molar-refractivity contribution in [2.75, 3.05) is 0 Å². The van der Waals surface area contributed by atoms with Gasteiger partial charge in [-0.05, 0) is 38.0 Å². The number of carbonyl (C=O) groups excluding carboxylic acids is 1. The van der Waals surface area contributed by atoms with Gasteiger partial charge in [0.05, 0.1) is 0 Å². The van der Waals surface area contributed by atoms with Gasteiger partial charge in [-0.25, -0.2) is 0 Å². The molecule has 0 aromatic heterocycles. The molecule has 3 atom stereocenters. The highest BCUT2D eigenvalue weighted by atomic mass is 32.1. The molecule has 0 aromatic carbocycles. The zero-order chi connectivity index (χ0) is 9.14. The molecular weight excluding hydrogens is 172 g/mol. The Morgan fingerprint density at radius 1 is 1.42 bits per heavy atom. The highest BCUT2D eigenvalue weighted by Gasteiger charge is 2.37.